The fourth-order valence-corrected chi connectivity index (χ4v) is 1.78. The smallest absolute Gasteiger partial charge is 0.308 e. The van der Waals surface area contributed by atoms with Crippen molar-refractivity contribution in [1.29, 1.82) is 0 Å². The van der Waals surface area contributed by atoms with Crippen molar-refractivity contribution in [2.75, 3.05) is 6.61 Å². The molecule has 0 aliphatic rings. The molecule has 0 aliphatic heterocycles. The fraction of sp³-hybridized carbons (Fsp3) is 0.875. The Morgan fingerprint density at radius 1 is 1.10 bits per heavy atom. The van der Waals surface area contributed by atoms with Gasteiger partial charge in [-0.2, -0.15) is 0 Å². The number of ether oxygens (including phenoxy) is 2. The maximum Gasteiger partial charge on any atom is 0.308 e. The summed E-state index contributed by atoms with van der Waals surface area (Å²) in [5.74, 6) is -11.6. The largest absolute Gasteiger partial charge is 0.465 e. The van der Waals surface area contributed by atoms with Crippen molar-refractivity contribution in [3.8, 4) is 0 Å². The highest BCUT2D eigenvalue weighted by molar-refractivity contribution is 5.72. The van der Waals surface area contributed by atoms with Crippen LogP contribution in [0.3, 0.4) is 0 Å². The molecule has 20 heavy (non-hydrogen) atoms. The molecule has 118 valence electrons. The quantitative estimate of drug-likeness (QED) is 0.676. The number of rotatable bonds is 7. The Hall–Kier alpha value is -1.06. The van der Waals surface area contributed by atoms with Gasteiger partial charge >= 0.3 is 11.9 Å². The molecular formula is C16H30O4. The van der Waals surface area contributed by atoms with E-state index in [4.69, 9.17) is 28.7 Å². The van der Waals surface area contributed by atoms with Gasteiger partial charge in [-0.3, -0.25) is 9.59 Å². The molecule has 0 amide bonds. The third-order valence-electron chi connectivity index (χ3n) is 2.59. The van der Waals surface area contributed by atoms with Gasteiger partial charge in [-0.1, -0.05) is 55.1 Å². The van der Waals surface area contributed by atoms with E-state index in [1.165, 1.54) is 27.7 Å². The molecule has 0 saturated heterocycles. The summed E-state index contributed by atoms with van der Waals surface area (Å²) < 4.78 is 114. The molecule has 1 atom stereocenters. The highest BCUT2D eigenvalue weighted by Crippen LogP contribution is 2.30. The summed E-state index contributed by atoms with van der Waals surface area (Å²) in [4.78, 5) is 25.1. The Kier molecular flexibility index (Phi) is 2.29. The minimum Gasteiger partial charge on any atom is -0.465 e. The molecule has 0 radical (unpaired) electrons. The summed E-state index contributed by atoms with van der Waals surface area (Å²) in [6, 6.07) is 0. The van der Waals surface area contributed by atoms with Crippen LogP contribution in [0.25, 0.3) is 0 Å². The van der Waals surface area contributed by atoms with Crippen LogP contribution in [0.5, 0.6) is 0 Å². The van der Waals surface area contributed by atoms with Crippen LogP contribution >= 0.6 is 0 Å². The Labute approximate surface area is 142 Å². The summed E-state index contributed by atoms with van der Waals surface area (Å²) in [6.45, 7) is -9.43. The first-order chi connectivity index (χ1) is 14.6. The lowest BCUT2D eigenvalue weighted by Crippen LogP contribution is -2.42. The first kappa shape index (κ1) is 5.98. The van der Waals surface area contributed by atoms with Gasteiger partial charge in [0.05, 0.1) is 18.4 Å². The van der Waals surface area contributed by atoms with E-state index in [0.29, 0.717) is 0 Å². The van der Waals surface area contributed by atoms with Crippen molar-refractivity contribution in [3.05, 3.63) is 0 Å². The molecule has 0 fully saturated rings. The van der Waals surface area contributed by atoms with Gasteiger partial charge in [-0.15, -0.1) is 0 Å². The van der Waals surface area contributed by atoms with E-state index in [0.717, 1.165) is 0 Å². The molecule has 0 spiro atoms. The molecule has 0 aromatic heterocycles. The van der Waals surface area contributed by atoms with Crippen molar-refractivity contribution in [1.82, 2.24) is 0 Å². The third kappa shape index (κ3) is 5.93. The summed E-state index contributed by atoms with van der Waals surface area (Å²) in [6.07, 6.45) is -1.36. The minimum atomic E-state index is -3.63. The normalized spacial score (nSPS) is 27.6. The molecule has 0 heterocycles. The van der Waals surface area contributed by atoms with Gasteiger partial charge in [-0.25, -0.2) is 0 Å². The van der Waals surface area contributed by atoms with Crippen molar-refractivity contribution < 1.29 is 38.3 Å². The van der Waals surface area contributed by atoms with Crippen LogP contribution < -0.4 is 0 Å². The Bertz CT molecular complexity index is 717. The van der Waals surface area contributed by atoms with Crippen LogP contribution in [0.15, 0.2) is 0 Å². The first-order valence-corrected chi connectivity index (χ1v) is 5.97. The van der Waals surface area contributed by atoms with Gasteiger partial charge in [0.25, 0.3) is 0 Å². The monoisotopic (exact) mass is 300 g/mol. The standard InChI is InChI=1S/C16H30O4/c1-10(2)13(20-15(18)12(5)6)16(7,8)9-19-14(17)11(3)4/h10-13H,9H2,1-8H3/i3D3,4D3,5D3,6D3,11D,12D. The summed E-state index contributed by atoms with van der Waals surface area (Å²) in [7, 11) is 0. The van der Waals surface area contributed by atoms with Gasteiger partial charge in [-0.05, 0) is 5.92 Å². The van der Waals surface area contributed by atoms with Gasteiger partial charge in [0.1, 0.15) is 6.10 Å². The highest BCUT2D eigenvalue weighted by Gasteiger charge is 2.37. The average molecular weight is 300 g/mol. The molecule has 1 unspecified atom stereocenters. The van der Waals surface area contributed by atoms with E-state index >= 15 is 0 Å². The van der Waals surface area contributed by atoms with Crippen LogP contribution in [0.2, 0.25) is 0 Å². The highest BCUT2D eigenvalue weighted by atomic mass is 16.6. The molecule has 0 saturated carbocycles. The van der Waals surface area contributed by atoms with Gasteiger partial charge in [0.15, 0.2) is 0 Å². The van der Waals surface area contributed by atoms with Gasteiger partial charge < -0.3 is 9.47 Å². The van der Waals surface area contributed by atoms with E-state index in [-0.39, 0.29) is 0 Å². The van der Waals surface area contributed by atoms with Crippen molar-refractivity contribution in [2.45, 2.75) is 61.2 Å². The summed E-state index contributed by atoms with van der Waals surface area (Å²) in [5, 5.41) is 0. The zero-order chi connectivity index (χ0) is 27.9. The lowest BCUT2D eigenvalue weighted by atomic mass is 9.81. The minimum absolute atomic E-state index is 0.652. The number of hydrogen-bond donors (Lipinski definition) is 0. The first-order valence-electron chi connectivity index (χ1n) is 13.0. The van der Waals surface area contributed by atoms with Crippen LogP contribution in [-0.2, 0) is 19.1 Å². The second-order valence-electron chi connectivity index (χ2n) is 5.38. The van der Waals surface area contributed by atoms with Crippen LogP contribution in [0.4, 0.5) is 0 Å². The molecule has 0 rings (SSSR count). The number of carbonyl (C=O) groups excluding carboxylic acids is 2. The van der Waals surface area contributed by atoms with Crippen molar-refractivity contribution in [2.24, 2.45) is 23.1 Å². The van der Waals surface area contributed by atoms with E-state index in [2.05, 4.69) is 0 Å². The zero-order valence-corrected chi connectivity index (χ0v) is 12.0. The molecular weight excluding hydrogens is 256 g/mol. The Morgan fingerprint density at radius 2 is 1.60 bits per heavy atom. The second kappa shape index (κ2) is 7.65. The maximum absolute atomic E-state index is 12.7. The molecule has 0 aromatic rings. The Balaban J connectivity index is 6.04. The number of carbonyl (C=O) groups is 2. The third-order valence-corrected chi connectivity index (χ3v) is 2.59. The van der Waals surface area contributed by atoms with E-state index < -0.39 is 75.2 Å². The lowest BCUT2D eigenvalue weighted by molar-refractivity contribution is -0.169. The van der Waals surface area contributed by atoms with E-state index in [9.17, 15) is 9.59 Å². The van der Waals surface area contributed by atoms with Crippen LogP contribution in [0, 0.1) is 23.1 Å². The SMILES string of the molecule is [2H]C([2H])([2H])C([2H])(C(=O)OCC(C)(C)C(OC(=O)C([2H])(C([2H])([2H])[2H])C([2H])([2H])[2H])C(C)C)C([2H])([2H])[2H]. The van der Waals surface area contributed by atoms with E-state index in [1.54, 1.807) is 0 Å². The Morgan fingerprint density at radius 3 is 2.05 bits per heavy atom. The zero-order valence-electron chi connectivity index (χ0n) is 26.0. The number of esters is 2. The fourth-order valence-electron chi connectivity index (χ4n) is 1.78. The van der Waals surface area contributed by atoms with Crippen LogP contribution in [-0.4, -0.2) is 24.6 Å². The molecule has 4 nitrogen and oxygen atoms in total. The average Bonchev–Trinajstić information content (AvgIpc) is 2.58. The topological polar surface area (TPSA) is 52.6 Å². The van der Waals surface area contributed by atoms with E-state index in [1.807, 2.05) is 0 Å². The summed E-state index contributed by atoms with van der Waals surface area (Å²) >= 11 is 0. The predicted octanol–water partition coefficient (Wildman–Crippen LogP) is 3.44. The molecule has 0 aromatic carbocycles. The van der Waals surface area contributed by atoms with Crippen LogP contribution in [0.1, 0.15) is 74.3 Å². The van der Waals surface area contributed by atoms with Gasteiger partial charge in [0, 0.05) is 24.6 Å². The molecule has 4 heteroatoms. The number of hydrogen-bond acceptors (Lipinski definition) is 4. The predicted molar refractivity (Wildman–Crippen MR) is 79.1 cm³/mol. The molecule has 0 N–H and O–H groups in total. The maximum atomic E-state index is 12.7. The van der Waals surface area contributed by atoms with Crippen molar-refractivity contribution in [3.63, 3.8) is 0 Å². The summed E-state index contributed by atoms with van der Waals surface area (Å²) in [5.41, 5.74) is -1.45. The molecule has 0 bridgehead atoms. The van der Waals surface area contributed by atoms with Crippen molar-refractivity contribution >= 4 is 11.9 Å². The molecule has 0 aliphatic carbocycles. The lowest BCUT2D eigenvalue weighted by Gasteiger charge is -2.36. The second-order valence-corrected chi connectivity index (χ2v) is 5.38. The van der Waals surface area contributed by atoms with Gasteiger partial charge in [0.2, 0.25) is 0 Å².